The lowest BCUT2D eigenvalue weighted by atomic mass is 10.2. The first-order chi connectivity index (χ1) is 8.11. The molecule has 0 spiro atoms. The summed E-state index contributed by atoms with van der Waals surface area (Å²) in [6.45, 7) is 2.11. The summed E-state index contributed by atoms with van der Waals surface area (Å²) in [5.74, 6) is 1.67. The van der Waals surface area contributed by atoms with Gasteiger partial charge in [0.05, 0.1) is 0 Å². The standard InChI is InChI=1S/C11H22N2O2S2/c1-9(14)13-10(5-8-17-3)11(15)12-6-4-7-16-2/h10H,4-8H2,1-3H3,(H,12,15)(H,13,14)/t10-/m0/s1. The second-order valence-corrected chi connectivity index (χ2v) is 5.64. The minimum atomic E-state index is -0.394. The summed E-state index contributed by atoms with van der Waals surface area (Å²) in [5.41, 5.74) is 0. The molecule has 0 fully saturated rings. The van der Waals surface area contributed by atoms with E-state index in [0.29, 0.717) is 13.0 Å². The van der Waals surface area contributed by atoms with Crippen LogP contribution in [0.5, 0.6) is 0 Å². The van der Waals surface area contributed by atoms with Gasteiger partial charge in [0, 0.05) is 13.5 Å². The molecule has 0 aliphatic rings. The van der Waals surface area contributed by atoms with Crippen LogP contribution in [-0.2, 0) is 9.59 Å². The minimum Gasteiger partial charge on any atom is -0.354 e. The molecule has 0 aromatic carbocycles. The fourth-order valence-corrected chi connectivity index (χ4v) is 2.21. The van der Waals surface area contributed by atoms with Crippen LogP contribution in [0.25, 0.3) is 0 Å². The van der Waals surface area contributed by atoms with Crippen molar-refractivity contribution in [1.29, 1.82) is 0 Å². The van der Waals surface area contributed by atoms with Crippen LogP contribution in [0, 0.1) is 0 Å². The van der Waals surface area contributed by atoms with Gasteiger partial charge in [0.1, 0.15) is 6.04 Å². The molecule has 0 aromatic rings. The van der Waals surface area contributed by atoms with Crippen molar-refractivity contribution < 1.29 is 9.59 Å². The maximum atomic E-state index is 11.8. The predicted octanol–water partition coefficient (Wildman–Crippen LogP) is 1.11. The van der Waals surface area contributed by atoms with E-state index in [1.165, 1.54) is 6.92 Å². The van der Waals surface area contributed by atoms with Crippen molar-refractivity contribution in [2.75, 3.05) is 30.6 Å². The van der Waals surface area contributed by atoms with Gasteiger partial charge in [-0.15, -0.1) is 0 Å². The summed E-state index contributed by atoms with van der Waals surface area (Å²) < 4.78 is 0. The summed E-state index contributed by atoms with van der Waals surface area (Å²) >= 11 is 3.43. The molecule has 6 heteroatoms. The third-order valence-electron chi connectivity index (χ3n) is 2.13. The van der Waals surface area contributed by atoms with Crippen LogP contribution in [0.4, 0.5) is 0 Å². The fraction of sp³-hybridized carbons (Fsp3) is 0.818. The highest BCUT2D eigenvalue weighted by atomic mass is 32.2. The molecule has 2 amide bonds. The number of nitrogens with one attached hydrogen (secondary N) is 2. The Bertz CT molecular complexity index is 238. The molecule has 0 aliphatic carbocycles. The quantitative estimate of drug-likeness (QED) is 0.620. The molecule has 0 saturated heterocycles. The van der Waals surface area contributed by atoms with E-state index in [0.717, 1.165) is 17.9 Å². The van der Waals surface area contributed by atoms with E-state index in [1.54, 1.807) is 23.5 Å². The van der Waals surface area contributed by atoms with Crippen LogP contribution >= 0.6 is 23.5 Å². The summed E-state index contributed by atoms with van der Waals surface area (Å²) in [4.78, 5) is 22.8. The Morgan fingerprint density at radius 2 is 1.82 bits per heavy atom. The van der Waals surface area contributed by atoms with Crippen LogP contribution in [-0.4, -0.2) is 48.4 Å². The third kappa shape index (κ3) is 9.35. The van der Waals surface area contributed by atoms with E-state index < -0.39 is 6.04 Å². The zero-order chi connectivity index (χ0) is 13.1. The molecule has 0 aliphatic heterocycles. The number of rotatable bonds is 9. The fourth-order valence-electron chi connectivity index (χ4n) is 1.30. The number of carbonyl (C=O) groups excluding carboxylic acids is 2. The van der Waals surface area contributed by atoms with Crippen molar-refractivity contribution in [1.82, 2.24) is 10.6 Å². The minimum absolute atomic E-state index is 0.0737. The molecule has 0 radical (unpaired) electrons. The van der Waals surface area contributed by atoms with Gasteiger partial charge in [0.25, 0.3) is 0 Å². The summed E-state index contributed by atoms with van der Waals surface area (Å²) in [6.07, 6.45) is 5.67. The zero-order valence-corrected chi connectivity index (χ0v) is 12.4. The molecule has 0 heterocycles. The third-order valence-corrected chi connectivity index (χ3v) is 3.47. The maximum absolute atomic E-state index is 11.8. The van der Waals surface area contributed by atoms with Crippen molar-refractivity contribution in [3.63, 3.8) is 0 Å². The molecule has 4 nitrogen and oxygen atoms in total. The second-order valence-electron chi connectivity index (χ2n) is 3.67. The van der Waals surface area contributed by atoms with Crippen LogP contribution in [0.1, 0.15) is 19.8 Å². The van der Waals surface area contributed by atoms with Gasteiger partial charge in [-0.05, 0) is 36.9 Å². The molecule has 2 N–H and O–H groups in total. The average Bonchev–Trinajstić information content (AvgIpc) is 2.29. The highest BCUT2D eigenvalue weighted by Crippen LogP contribution is 2.01. The van der Waals surface area contributed by atoms with E-state index in [9.17, 15) is 9.59 Å². The Morgan fingerprint density at radius 3 is 2.35 bits per heavy atom. The van der Waals surface area contributed by atoms with Gasteiger partial charge >= 0.3 is 0 Å². The lowest BCUT2D eigenvalue weighted by molar-refractivity contribution is -0.128. The highest BCUT2D eigenvalue weighted by molar-refractivity contribution is 7.98. The largest absolute Gasteiger partial charge is 0.354 e. The number of carbonyl (C=O) groups is 2. The highest BCUT2D eigenvalue weighted by Gasteiger charge is 2.17. The Hall–Kier alpha value is -0.360. The van der Waals surface area contributed by atoms with Crippen LogP contribution in [0.2, 0.25) is 0 Å². The first kappa shape index (κ1) is 16.6. The number of hydrogen-bond acceptors (Lipinski definition) is 4. The van der Waals surface area contributed by atoms with E-state index >= 15 is 0 Å². The molecule has 0 unspecified atom stereocenters. The van der Waals surface area contributed by atoms with Gasteiger partial charge < -0.3 is 10.6 Å². The summed E-state index contributed by atoms with van der Waals surface area (Å²) in [7, 11) is 0. The molecular weight excluding hydrogens is 256 g/mol. The molecule has 0 saturated carbocycles. The molecule has 0 rings (SSSR count). The SMILES string of the molecule is CSCCCNC(=O)[C@H](CCSC)NC(C)=O. The van der Waals surface area contributed by atoms with Gasteiger partial charge in [0.2, 0.25) is 11.8 Å². The van der Waals surface area contributed by atoms with Crippen molar-refractivity contribution >= 4 is 35.3 Å². The topological polar surface area (TPSA) is 58.2 Å². The number of thioether (sulfide) groups is 2. The van der Waals surface area contributed by atoms with Crippen molar-refractivity contribution in [2.24, 2.45) is 0 Å². The Labute approximate surface area is 112 Å². The molecule has 0 aromatic heterocycles. The summed E-state index contributed by atoms with van der Waals surface area (Å²) in [5, 5.41) is 5.54. The maximum Gasteiger partial charge on any atom is 0.242 e. The van der Waals surface area contributed by atoms with E-state index in [4.69, 9.17) is 0 Å². The molecule has 17 heavy (non-hydrogen) atoms. The first-order valence-electron chi connectivity index (χ1n) is 5.64. The first-order valence-corrected chi connectivity index (χ1v) is 8.43. The van der Waals surface area contributed by atoms with Gasteiger partial charge in [-0.25, -0.2) is 0 Å². The van der Waals surface area contributed by atoms with Crippen LogP contribution in [0.15, 0.2) is 0 Å². The lowest BCUT2D eigenvalue weighted by Gasteiger charge is -2.17. The lowest BCUT2D eigenvalue weighted by Crippen LogP contribution is -2.46. The Kier molecular flexibility index (Phi) is 10.5. The van der Waals surface area contributed by atoms with Crippen LogP contribution < -0.4 is 10.6 Å². The van der Waals surface area contributed by atoms with Gasteiger partial charge in [-0.3, -0.25) is 9.59 Å². The molecule has 0 bridgehead atoms. The monoisotopic (exact) mass is 278 g/mol. The van der Waals surface area contributed by atoms with Crippen molar-refractivity contribution in [2.45, 2.75) is 25.8 Å². The van der Waals surface area contributed by atoms with E-state index in [1.807, 2.05) is 12.5 Å². The number of hydrogen-bond donors (Lipinski definition) is 2. The van der Waals surface area contributed by atoms with Crippen molar-refractivity contribution in [3.05, 3.63) is 0 Å². The van der Waals surface area contributed by atoms with Gasteiger partial charge in [-0.1, -0.05) is 0 Å². The average molecular weight is 278 g/mol. The second kappa shape index (κ2) is 10.8. The van der Waals surface area contributed by atoms with E-state index in [-0.39, 0.29) is 11.8 Å². The smallest absolute Gasteiger partial charge is 0.242 e. The summed E-state index contributed by atoms with van der Waals surface area (Å²) in [6, 6.07) is -0.394. The van der Waals surface area contributed by atoms with Gasteiger partial charge in [0.15, 0.2) is 0 Å². The molecular formula is C11H22N2O2S2. The van der Waals surface area contributed by atoms with Gasteiger partial charge in [-0.2, -0.15) is 23.5 Å². The number of amides is 2. The molecule has 1 atom stereocenters. The predicted molar refractivity (Wildman–Crippen MR) is 76.6 cm³/mol. The Balaban J connectivity index is 3.98. The normalized spacial score (nSPS) is 11.9. The zero-order valence-electron chi connectivity index (χ0n) is 10.7. The molecule has 100 valence electrons. The van der Waals surface area contributed by atoms with Crippen LogP contribution in [0.3, 0.4) is 0 Å². The van der Waals surface area contributed by atoms with E-state index in [2.05, 4.69) is 10.6 Å². The Morgan fingerprint density at radius 1 is 1.18 bits per heavy atom. The van der Waals surface area contributed by atoms with Crippen molar-refractivity contribution in [3.8, 4) is 0 Å².